The summed E-state index contributed by atoms with van der Waals surface area (Å²) in [7, 11) is 0. The van der Waals surface area contributed by atoms with Gasteiger partial charge in [0.05, 0.1) is 10.7 Å². The number of rotatable bonds is 4. The second kappa shape index (κ2) is 8.12. The lowest BCUT2D eigenvalue weighted by Gasteiger charge is -2.19. The lowest BCUT2D eigenvalue weighted by Crippen LogP contribution is -2.10. The Morgan fingerprint density at radius 2 is 1.48 bits per heavy atom. The SMILES string of the molecule is CC(C)(C)c1ccc(Oc2ccc(-c3cnc(-c4cc(O)c(O)c(Br)c4)o3)cc2)cc1. The molecule has 4 aromatic rings. The quantitative estimate of drug-likeness (QED) is 0.301. The van der Waals surface area contributed by atoms with Gasteiger partial charge in [-0.15, -0.1) is 0 Å². The molecule has 158 valence electrons. The molecule has 31 heavy (non-hydrogen) atoms. The van der Waals surface area contributed by atoms with Crippen LogP contribution >= 0.6 is 15.9 Å². The van der Waals surface area contributed by atoms with Crippen LogP contribution in [-0.4, -0.2) is 15.2 Å². The summed E-state index contributed by atoms with van der Waals surface area (Å²) in [6.07, 6.45) is 1.62. The van der Waals surface area contributed by atoms with Crippen LogP contribution in [0, 0.1) is 0 Å². The monoisotopic (exact) mass is 479 g/mol. The fraction of sp³-hybridized carbons (Fsp3) is 0.160. The maximum Gasteiger partial charge on any atom is 0.226 e. The van der Waals surface area contributed by atoms with Crippen LogP contribution in [0.2, 0.25) is 0 Å². The molecule has 6 heteroatoms. The number of aromatic nitrogens is 1. The van der Waals surface area contributed by atoms with Gasteiger partial charge in [-0.2, -0.15) is 0 Å². The summed E-state index contributed by atoms with van der Waals surface area (Å²) in [5.74, 6) is 1.95. The minimum atomic E-state index is -0.249. The minimum Gasteiger partial charge on any atom is -0.504 e. The number of benzene rings is 3. The minimum absolute atomic E-state index is 0.102. The van der Waals surface area contributed by atoms with Gasteiger partial charge in [-0.1, -0.05) is 32.9 Å². The average Bonchev–Trinajstić information content (AvgIpc) is 3.22. The highest BCUT2D eigenvalue weighted by molar-refractivity contribution is 9.10. The molecular formula is C25H22BrNO4. The topological polar surface area (TPSA) is 75.7 Å². The first-order valence-electron chi connectivity index (χ1n) is 9.77. The average molecular weight is 480 g/mol. The molecule has 0 aliphatic carbocycles. The van der Waals surface area contributed by atoms with E-state index in [9.17, 15) is 10.2 Å². The summed E-state index contributed by atoms with van der Waals surface area (Å²) in [5.41, 5.74) is 2.75. The molecule has 0 amide bonds. The van der Waals surface area contributed by atoms with E-state index < -0.39 is 0 Å². The van der Waals surface area contributed by atoms with Gasteiger partial charge in [0.1, 0.15) is 11.5 Å². The third-order valence-corrected chi connectivity index (χ3v) is 5.50. The van der Waals surface area contributed by atoms with Crippen molar-refractivity contribution in [3.63, 3.8) is 0 Å². The van der Waals surface area contributed by atoms with E-state index in [-0.39, 0.29) is 16.9 Å². The summed E-state index contributed by atoms with van der Waals surface area (Å²) in [6, 6.07) is 18.7. The number of hydrogen-bond donors (Lipinski definition) is 2. The summed E-state index contributed by atoms with van der Waals surface area (Å²) >= 11 is 3.20. The van der Waals surface area contributed by atoms with Crippen LogP contribution in [0.25, 0.3) is 22.8 Å². The number of halogens is 1. The summed E-state index contributed by atoms with van der Waals surface area (Å²) in [6.45, 7) is 6.54. The van der Waals surface area contributed by atoms with Gasteiger partial charge in [-0.3, -0.25) is 0 Å². The number of oxazole rings is 1. The predicted octanol–water partition coefficient (Wildman–Crippen LogP) is 7.27. The van der Waals surface area contributed by atoms with Gasteiger partial charge in [0.15, 0.2) is 17.3 Å². The van der Waals surface area contributed by atoms with E-state index in [0.29, 0.717) is 21.7 Å². The lowest BCUT2D eigenvalue weighted by atomic mass is 9.87. The van der Waals surface area contributed by atoms with Crippen LogP contribution in [0.3, 0.4) is 0 Å². The molecule has 5 nitrogen and oxygen atoms in total. The lowest BCUT2D eigenvalue weighted by molar-refractivity contribution is 0.401. The normalized spacial score (nSPS) is 11.5. The molecule has 0 aliphatic rings. The summed E-state index contributed by atoms with van der Waals surface area (Å²) in [5, 5.41) is 19.5. The van der Waals surface area contributed by atoms with Gasteiger partial charge in [0.25, 0.3) is 0 Å². The Hall–Kier alpha value is -3.25. The van der Waals surface area contributed by atoms with E-state index in [2.05, 4.69) is 53.8 Å². The van der Waals surface area contributed by atoms with Gasteiger partial charge in [-0.25, -0.2) is 4.98 Å². The molecule has 2 N–H and O–H groups in total. The van der Waals surface area contributed by atoms with Crippen LogP contribution in [0.4, 0.5) is 0 Å². The molecule has 3 aromatic carbocycles. The number of nitrogens with zero attached hydrogens (tertiary/aromatic N) is 1. The second-order valence-electron chi connectivity index (χ2n) is 8.26. The summed E-state index contributed by atoms with van der Waals surface area (Å²) < 4.78 is 12.1. The van der Waals surface area contributed by atoms with E-state index in [4.69, 9.17) is 9.15 Å². The summed E-state index contributed by atoms with van der Waals surface area (Å²) in [4.78, 5) is 4.28. The molecule has 0 saturated heterocycles. The van der Waals surface area contributed by atoms with Crippen LogP contribution in [0.1, 0.15) is 26.3 Å². The van der Waals surface area contributed by atoms with E-state index in [0.717, 1.165) is 17.1 Å². The fourth-order valence-electron chi connectivity index (χ4n) is 3.10. The van der Waals surface area contributed by atoms with Crippen LogP contribution in [0.5, 0.6) is 23.0 Å². The molecular weight excluding hydrogens is 458 g/mol. The molecule has 0 radical (unpaired) electrons. The molecule has 0 fully saturated rings. The highest BCUT2D eigenvalue weighted by Crippen LogP contribution is 2.38. The smallest absolute Gasteiger partial charge is 0.226 e. The van der Waals surface area contributed by atoms with Crippen LogP contribution in [0.15, 0.2) is 75.8 Å². The maximum atomic E-state index is 9.81. The van der Waals surface area contributed by atoms with Crippen molar-refractivity contribution in [1.82, 2.24) is 4.98 Å². The molecule has 0 saturated carbocycles. The Balaban J connectivity index is 1.50. The third-order valence-electron chi connectivity index (χ3n) is 4.89. The Morgan fingerprint density at radius 3 is 2.06 bits per heavy atom. The number of ether oxygens (including phenoxy) is 1. The van der Waals surface area contributed by atoms with Gasteiger partial charge in [-0.05, 0) is 75.4 Å². The molecule has 4 rings (SSSR count). The first-order chi connectivity index (χ1) is 14.7. The first kappa shape index (κ1) is 21.0. The number of aromatic hydroxyl groups is 2. The molecule has 0 spiro atoms. The largest absolute Gasteiger partial charge is 0.504 e. The third kappa shape index (κ3) is 4.59. The van der Waals surface area contributed by atoms with Crippen molar-refractivity contribution in [2.24, 2.45) is 0 Å². The van der Waals surface area contributed by atoms with Crippen molar-refractivity contribution in [2.45, 2.75) is 26.2 Å². The van der Waals surface area contributed by atoms with Crippen LogP contribution in [-0.2, 0) is 5.41 Å². The molecule has 1 heterocycles. The molecule has 0 aliphatic heterocycles. The van der Waals surface area contributed by atoms with Crippen molar-refractivity contribution in [3.8, 4) is 45.8 Å². The second-order valence-corrected chi connectivity index (χ2v) is 9.11. The van der Waals surface area contributed by atoms with Crippen molar-refractivity contribution in [3.05, 3.63) is 76.9 Å². The molecule has 0 unspecified atom stereocenters. The van der Waals surface area contributed by atoms with Crippen molar-refractivity contribution >= 4 is 15.9 Å². The van der Waals surface area contributed by atoms with E-state index in [1.165, 1.54) is 11.6 Å². The Bertz CT molecular complexity index is 1180. The number of hydrogen-bond acceptors (Lipinski definition) is 5. The first-order valence-corrected chi connectivity index (χ1v) is 10.6. The standard InChI is InChI=1S/C25H22BrNO4/c1-25(2,3)17-6-10-19(11-7-17)30-18-8-4-15(5-9-18)22-14-27-24(31-22)16-12-20(26)23(29)21(28)13-16/h4-14,28-29H,1-3H3. The van der Waals surface area contributed by atoms with Crippen LogP contribution < -0.4 is 4.74 Å². The molecule has 0 atom stereocenters. The molecule has 0 bridgehead atoms. The van der Waals surface area contributed by atoms with E-state index >= 15 is 0 Å². The van der Waals surface area contributed by atoms with E-state index in [1.54, 1.807) is 12.3 Å². The number of phenols is 2. The van der Waals surface area contributed by atoms with Crippen molar-refractivity contribution in [1.29, 1.82) is 0 Å². The van der Waals surface area contributed by atoms with Gasteiger partial charge < -0.3 is 19.4 Å². The zero-order valence-corrected chi connectivity index (χ0v) is 19.0. The maximum absolute atomic E-state index is 9.81. The Morgan fingerprint density at radius 1 is 0.871 bits per heavy atom. The van der Waals surface area contributed by atoms with Gasteiger partial charge >= 0.3 is 0 Å². The highest BCUT2D eigenvalue weighted by atomic mass is 79.9. The molecule has 1 aromatic heterocycles. The van der Waals surface area contributed by atoms with Crippen molar-refractivity contribution < 1.29 is 19.4 Å². The van der Waals surface area contributed by atoms with E-state index in [1.807, 2.05) is 36.4 Å². The van der Waals surface area contributed by atoms with Gasteiger partial charge in [0.2, 0.25) is 5.89 Å². The van der Waals surface area contributed by atoms with Gasteiger partial charge in [0, 0.05) is 11.1 Å². The van der Waals surface area contributed by atoms with Crippen molar-refractivity contribution in [2.75, 3.05) is 0 Å². The zero-order chi connectivity index (χ0) is 22.2. The zero-order valence-electron chi connectivity index (χ0n) is 17.4. The number of phenolic OH excluding ortho intramolecular Hbond substituents is 2. The fourth-order valence-corrected chi connectivity index (χ4v) is 3.55. The Labute approximate surface area is 189 Å². The highest BCUT2D eigenvalue weighted by Gasteiger charge is 2.15. The predicted molar refractivity (Wildman–Crippen MR) is 124 cm³/mol. The Kier molecular flexibility index (Phi) is 5.50.